The highest BCUT2D eigenvalue weighted by Crippen LogP contribution is 2.40. The summed E-state index contributed by atoms with van der Waals surface area (Å²) in [5.74, 6) is -0.201. The van der Waals surface area contributed by atoms with Crippen molar-refractivity contribution in [1.82, 2.24) is 15.1 Å². The molecule has 2 fully saturated rings. The number of benzene rings is 2. The first-order valence-corrected chi connectivity index (χ1v) is 15.0. The van der Waals surface area contributed by atoms with Crippen LogP contribution in [0.3, 0.4) is 0 Å². The summed E-state index contributed by atoms with van der Waals surface area (Å²) in [5, 5.41) is 12.4. The van der Waals surface area contributed by atoms with E-state index in [0.717, 1.165) is 41.8 Å². The summed E-state index contributed by atoms with van der Waals surface area (Å²) >= 11 is 0. The zero-order chi connectivity index (χ0) is 32.1. The number of rotatable bonds is 10. The number of amides is 2. The molecule has 2 aliphatic heterocycles. The Morgan fingerprint density at radius 2 is 1.61 bits per heavy atom. The molecule has 0 aromatic heterocycles. The van der Waals surface area contributed by atoms with Crippen LogP contribution in [0.1, 0.15) is 51.7 Å². The van der Waals surface area contributed by atoms with Crippen LogP contribution in [0.25, 0.3) is 11.1 Å². The minimum Gasteiger partial charge on any atom is -0.496 e. The van der Waals surface area contributed by atoms with Gasteiger partial charge in [0.25, 0.3) is 5.91 Å². The number of aliphatic carboxylic acids is 1. The van der Waals surface area contributed by atoms with Gasteiger partial charge in [-0.3, -0.25) is 9.69 Å². The fourth-order valence-corrected chi connectivity index (χ4v) is 5.53. The number of carbonyl (C=O) groups is 3. The standard InChI is InChI=1S/C33H45N3O8/c1-32(2,3)44-31(40)36-15-13-35(14-16-36)21-23-19-26(41-5)28(27(20-23)42-6)24-10-8-22(9-11-24)18-25(29(37)38)34-30(39)33(4)12-7-17-43-33/h8-11,19-20,25H,7,12-18,21H2,1-6H3,(H,34,39)(H,37,38)/t25-,33+/m0/s1. The molecular weight excluding hydrogens is 566 g/mol. The summed E-state index contributed by atoms with van der Waals surface area (Å²) in [7, 11) is 3.23. The van der Waals surface area contributed by atoms with Crippen molar-refractivity contribution in [2.75, 3.05) is 47.0 Å². The molecule has 0 unspecified atom stereocenters. The second-order valence-electron chi connectivity index (χ2n) is 12.6. The molecule has 2 heterocycles. The van der Waals surface area contributed by atoms with E-state index in [1.54, 1.807) is 26.0 Å². The zero-order valence-electron chi connectivity index (χ0n) is 26.6. The molecule has 0 bridgehead atoms. The molecule has 0 saturated carbocycles. The van der Waals surface area contributed by atoms with Crippen molar-refractivity contribution in [1.29, 1.82) is 0 Å². The molecule has 2 aromatic rings. The van der Waals surface area contributed by atoms with Crippen molar-refractivity contribution < 1.29 is 38.4 Å². The van der Waals surface area contributed by atoms with Crippen LogP contribution in [0, 0.1) is 0 Å². The summed E-state index contributed by atoms with van der Waals surface area (Å²) in [6.45, 7) is 11.1. The van der Waals surface area contributed by atoms with Crippen LogP contribution in [0.4, 0.5) is 4.79 Å². The minimum absolute atomic E-state index is 0.131. The van der Waals surface area contributed by atoms with Crippen LogP contribution in [-0.2, 0) is 32.0 Å². The fraction of sp³-hybridized carbons (Fsp3) is 0.545. The largest absolute Gasteiger partial charge is 0.496 e. The Labute approximate surface area is 259 Å². The predicted octanol–water partition coefficient (Wildman–Crippen LogP) is 4.10. The molecule has 2 aromatic carbocycles. The molecule has 0 aliphatic carbocycles. The SMILES string of the molecule is COc1cc(CN2CCN(C(=O)OC(C)(C)C)CC2)cc(OC)c1-c1ccc(C[C@H](NC(=O)[C@@]2(C)CCCO2)C(=O)O)cc1. The summed E-state index contributed by atoms with van der Waals surface area (Å²) in [5.41, 5.74) is 1.90. The molecule has 2 amide bonds. The van der Waals surface area contributed by atoms with E-state index in [1.165, 1.54) is 0 Å². The predicted molar refractivity (Wildman–Crippen MR) is 165 cm³/mol. The lowest BCUT2D eigenvalue weighted by Crippen LogP contribution is -2.51. The quantitative estimate of drug-likeness (QED) is 0.408. The van der Waals surface area contributed by atoms with Gasteiger partial charge in [0, 0.05) is 45.8 Å². The lowest BCUT2D eigenvalue weighted by molar-refractivity contribution is -0.147. The van der Waals surface area contributed by atoms with Gasteiger partial charge < -0.3 is 34.3 Å². The number of nitrogens with one attached hydrogen (secondary N) is 1. The molecule has 240 valence electrons. The van der Waals surface area contributed by atoms with Gasteiger partial charge in [0.05, 0.1) is 19.8 Å². The average Bonchev–Trinajstić information content (AvgIpc) is 3.43. The van der Waals surface area contributed by atoms with E-state index in [-0.39, 0.29) is 12.5 Å². The molecule has 11 nitrogen and oxygen atoms in total. The van der Waals surface area contributed by atoms with Gasteiger partial charge in [-0.2, -0.15) is 0 Å². The number of carbonyl (C=O) groups excluding carboxylic acids is 2. The van der Waals surface area contributed by atoms with Gasteiger partial charge in [-0.25, -0.2) is 9.59 Å². The maximum Gasteiger partial charge on any atom is 0.410 e. The third-order valence-corrected chi connectivity index (χ3v) is 7.98. The second kappa shape index (κ2) is 13.9. The van der Waals surface area contributed by atoms with Crippen molar-refractivity contribution in [3.8, 4) is 22.6 Å². The van der Waals surface area contributed by atoms with Crippen molar-refractivity contribution in [2.45, 2.75) is 70.7 Å². The molecular formula is C33H45N3O8. The van der Waals surface area contributed by atoms with Crippen LogP contribution in [0.5, 0.6) is 11.5 Å². The third kappa shape index (κ3) is 8.21. The van der Waals surface area contributed by atoms with Gasteiger partial charge >= 0.3 is 12.1 Å². The summed E-state index contributed by atoms with van der Waals surface area (Å²) in [6.07, 6.45) is 1.18. The Bertz CT molecular complexity index is 1300. The summed E-state index contributed by atoms with van der Waals surface area (Å²) < 4.78 is 22.7. The van der Waals surface area contributed by atoms with Gasteiger partial charge in [-0.05, 0) is 69.4 Å². The van der Waals surface area contributed by atoms with Crippen LogP contribution >= 0.6 is 0 Å². The first-order chi connectivity index (χ1) is 20.8. The van der Waals surface area contributed by atoms with Crippen molar-refractivity contribution in [3.63, 3.8) is 0 Å². The maximum absolute atomic E-state index is 12.7. The highest BCUT2D eigenvalue weighted by Gasteiger charge is 2.39. The number of hydrogen-bond acceptors (Lipinski definition) is 8. The molecule has 2 aliphatic rings. The van der Waals surface area contributed by atoms with E-state index < -0.39 is 29.1 Å². The molecule has 44 heavy (non-hydrogen) atoms. The zero-order valence-corrected chi connectivity index (χ0v) is 26.6. The number of methoxy groups -OCH3 is 2. The van der Waals surface area contributed by atoms with E-state index >= 15 is 0 Å². The summed E-state index contributed by atoms with van der Waals surface area (Å²) in [4.78, 5) is 41.2. The number of carboxylic acid groups (broad SMARTS) is 1. The molecule has 0 radical (unpaired) electrons. The lowest BCUT2D eigenvalue weighted by atomic mass is 9.97. The first-order valence-electron chi connectivity index (χ1n) is 15.0. The Kier molecular flexibility index (Phi) is 10.4. The highest BCUT2D eigenvalue weighted by molar-refractivity contribution is 5.89. The Balaban J connectivity index is 1.43. The number of piperazine rings is 1. The Hall–Kier alpha value is -3.83. The average molecular weight is 612 g/mol. The van der Waals surface area contributed by atoms with E-state index in [4.69, 9.17) is 18.9 Å². The molecule has 2 N–H and O–H groups in total. The second-order valence-corrected chi connectivity index (χ2v) is 12.6. The maximum atomic E-state index is 12.7. The lowest BCUT2D eigenvalue weighted by Gasteiger charge is -2.35. The highest BCUT2D eigenvalue weighted by atomic mass is 16.6. The van der Waals surface area contributed by atoms with Crippen molar-refractivity contribution >= 4 is 18.0 Å². The monoisotopic (exact) mass is 611 g/mol. The van der Waals surface area contributed by atoms with Gasteiger partial charge in [-0.1, -0.05) is 24.3 Å². The number of hydrogen-bond donors (Lipinski definition) is 2. The topological polar surface area (TPSA) is 127 Å². The van der Waals surface area contributed by atoms with E-state index in [1.807, 2.05) is 57.2 Å². The number of nitrogens with zero attached hydrogens (tertiary/aromatic N) is 2. The molecule has 11 heteroatoms. The van der Waals surface area contributed by atoms with Crippen molar-refractivity contribution in [3.05, 3.63) is 47.5 Å². The van der Waals surface area contributed by atoms with Gasteiger partial charge in [0.1, 0.15) is 28.7 Å². The molecule has 2 atom stereocenters. The van der Waals surface area contributed by atoms with E-state index in [2.05, 4.69) is 10.2 Å². The van der Waals surface area contributed by atoms with Crippen molar-refractivity contribution in [2.24, 2.45) is 0 Å². The Morgan fingerprint density at radius 1 is 1.00 bits per heavy atom. The van der Waals surface area contributed by atoms with Gasteiger partial charge in [0.2, 0.25) is 0 Å². The van der Waals surface area contributed by atoms with Crippen LogP contribution < -0.4 is 14.8 Å². The van der Waals surface area contributed by atoms with Crippen LogP contribution in [-0.4, -0.2) is 97.1 Å². The van der Waals surface area contributed by atoms with E-state index in [0.29, 0.717) is 44.2 Å². The van der Waals surface area contributed by atoms with Crippen LogP contribution in [0.2, 0.25) is 0 Å². The minimum atomic E-state index is -1.10. The fourth-order valence-electron chi connectivity index (χ4n) is 5.53. The smallest absolute Gasteiger partial charge is 0.410 e. The molecule has 0 spiro atoms. The van der Waals surface area contributed by atoms with Crippen LogP contribution in [0.15, 0.2) is 36.4 Å². The van der Waals surface area contributed by atoms with Gasteiger partial charge in [0.15, 0.2) is 0 Å². The molecule has 2 saturated heterocycles. The number of carboxylic acids is 1. The first kappa shape index (κ1) is 33.1. The third-order valence-electron chi connectivity index (χ3n) is 7.98. The number of ether oxygens (including phenoxy) is 4. The Morgan fingerprint density at radius 3 is 2.11 bits per heavy atom. The molecule has 4 rings (SSSR count). The normalized spacial score (nSPS) is 19.7. The summed E-state index contributed by atoms with van der Waals surface area (Å²) in [6, 6.07) is 10.4. The van der Waals surface area contributed by atoms with Gasteiger partial charge in [-0.15, -0.1) is 0 Å². The van der Waals surface area contributed by atoms with E-state index in [9.17, 15) is 19.5 Å².